The van der Waals surface area contributed by atoms with Crippen molar-refractivity contribution in [1.82, 2.24) is 30.5 Å². The Morgan fingerprint density at radius 3 is 2.11 bits per heavy atom. The Kier molecular flexibility index (Phi) is 11.8. The zero-order chi connectivity index (χ0) is 39.7. The van der Waals surface area contributed by atoms with Gasteiger partial charge in [-0.25, -0.2) is 14.6 Å². The summed E-state index contributed by atoms with van der Waals surface area (Å²) in [5, 5.41) is 14.5. The van der Waals surface area contributed by atoms with Crippen LogP contribution in [0.4, 0.5) is 60.7 Å². The van der Waals surface area contributed by atoms with Crippen molar-refractivity contribution in [2.45, 2.75) is 110 Å². The molecule has 3 heterocycles. The minimum absolute atomic E-state index is 0.0571. The molecule has 0 bridgehead atoms. The summed E-state index contributed by atoms with van der Waals surface area (Å²) in [4.78, 5) is 32.4. The van der Waals surface area contributed by atoms with E-state index in [2.05, 4.69) is 25.7 Å². The highest BCUT2D eigenvalue weighted by molar-refractivity contribution is 5.90. The Bertz CT molecular complexity index is 1740. The van der Waals surface area contributed by atoms with Gasteiger partial charge in [-0.1, -0.05) is 12.0 Å². The van der Waals surface area contributed by atoms with Crippen LogP contribution in [0.15, 0.2) is 30.3 Å². The van der Waals surface area contributed by atoms with Crippen molar-refractivity contribution in [3.05, 3.63) is 58.4 Å². The van der Waals surface area contributed by atoms with Crippen LogP contribution in [0.1, 0.15) is 88.5 Å². The number of pyridine rings is 1. The standard InChI is InChI=1S/C32H37F9N8O4/c1-7-21-15-23(25-22(49(21)28(51)52-17(2)3)8-9-24(43-25)32(39,40)41)47(16-18-12-19(30(33,34)35)14-20(13-18)31(36,37)38)26-44-46-48(45-26)11-10-42-27(50)53-29(4,5)6/h8-9,12-14,17,21,23H,7,10-11,15-16H2,1-6H3,(H,42,50). The van der Waals surface area contributed by atoms with E-state index >= 15 is 0 Å². The fourth-order valence-electron chi connectivity index (χ4n) is 5.52. The fraction of sp³-hybridized carbons (Fsp3) is 0.562. The summed E-state index contributed by atoms with van der Waals surface area (Å²) in [7, 11) is 0. The van der Waals surface area contributed by atoms with Gasteiger partial charge in [0.15, 0.2) is 0 Å². The minimum Gasteiger partial charge on any atom is -0.446 e. The zero-order valence-corrected chi connectivity index (χ0v) is 29.3. The Hall–Kier alpha value is -4.85. The van der Waals surface area contributed by atoms with Gasteiger partial charge in [-0.3, -0.25) is 4.90 Å². The van der Waals surface area contributed by atoms with E-state index in [1.165, 1.54) is 0 Å². The number of alkyl halides is 9. The van der Waals surface area contributed by atoms with Gasteiger partial charge in [0.05, 0.1) is 41.2 Å². The maximum absolute atomic E-state index is 14.0. The molecule has 12 nitrogen and oxygen atoms in total. The monoisotopic (exact) mass is 768 g/mol. The van der Waals surface area contributed by atoms with Gasteiger partial charge in [0, 0.05) is 19.1 Å². The lowest BCUT2D eigenvalue weighted by Crippen LogP contribution is -2.49. The van der Waals surface area contributed by atoms with Gasteiger partial charge < -0.3 is 19.7 Å². The second-order valence-electron chi connectivity index (χ2n) is 13.4. The molecule has 0 spiro atoms. The lowest BCUT2D eigenvalue weighted by Gasteiger charge is -2.43. The summed E-state index contributed by atoms with van der Waals surface area (Å²) in [6.45, 7) is 8.64. The van der Waals surface area contributed by atoms with Gasteiger partial charge in [0.1, 0.15) is 11.3 Å². The van der Waals surface area contributed by atoms with E-state index in [9.17, 15) is 49.1 Å². The topological polar surface area (TPSA) is 128 Å². The number of hydrogen-bond acceptors (Lipinski definition) is 9. The third kappa shape index (κ3) is 10.4. The average molecular weight is 769 g/mol. The number of halogens is 9. The van der Waals surface area contributed by atoms with Crippen LogP contribution in [0, 0.1) is 0 Å². The van der Waals surface area contributed by atoms with E-state index in [1.54, 1.807) is 41.5 Å². The molecule has 1 aliphatic rings. The fourth-order valence-corrected chi connectivity index (χ4v) is 5.52. The number of carbonyl (C=O) groups excluding carboxylic acids is 2. The number of amides is 2. The first-order chi connectivity index (χ1) is 24.4. The van der Waals surface area contributed by atoms with Gasteiger partial charge in [0.25, 0.3) is 5.95 Å². The van der Waals surface area contributed by atoms with Crippen LogP contribution in [0.25, 0.3) is 0 Å². The van der Waals surface area contributed by atoms with E-state index in [1.807, 2.05) is 0 Å². The number of hydrogen-bond donors (Lipinski definition) is 1. The number of fused-ring (bicyclic) bond motifs is 1. The van der Waals surface area contributed by atoms with Gasteiger partial charge in [-0.2, -0.15) is 44.3 Å². The second kappa shape index (κ2) is 15.2. The van der Waals surface area contributed by atoms with Crippen LogP contribution < -0.4 is 15.1 Å². The molecule has 53 heavy (non-hydrogen) atoms. The van der Waals surface area contributed by atoms with Gasteiger partial charge in [-0.15, -0.1) is 5.10 Å². The van der Waals surface area contributed by atoms with E-state index in [0.717, 1.165) is 20.7 Å². The Labute approximate surface area is 297 Å². The molecule has 0 fully saturated rings. The quantitative estimate of drug-likeness (QED) is 0.216. The van der Waals surface area contributed by atoms with Crippen LogP contribution in [-0.2, 0) is 41.1 Å². The second-order valence-corrected chi connectivity index (χ2v) is 13.4. The lowest BCUT2D eigenvalue weighted by molar-refractivity contribution is -0.143. The van der Waals surface area contributed by atoms with Gasteiger partial charge in [-0.05, 0) is 88.6 Å². The summed E-state index contributed by atoms with van der Waals surface area (Å²) in [6, 6.07) is 0.371. The molecule has 1 N–H and O–H groups in total. The molecule has 21 heteroatoms. The predicted octanol–water partition coefficient (Wildman–Crippen LogP) is 7.93. The normalized spacial score (nSPS) is 16.7. The lowest BCUT2D eigenvalue weighted by atomic mass is 9.91. The van der Waals surface area contributed by atoms with Crippen LogP contribution >= 0.6 is 0 Å². The SMILES string of the molecule is CCC1CC(N(Cc2cc(C(F)(F)F)cc(C(F)(F)F)c2)c2nnn(CCNC(=O)OC(C)(C)C)n2)c2nc(C(F)(F)F)ccc2N1C(=O)OC(C)C. The molecule has 0 saturated carbocycles. The molecule has 4 rings (SSSR count). The molecule has 2 unspecified atom stereocenters. The van der Waals surface area contributed by atoms with Crippen molar-refractivity contribution in [3.63, 3.8) is 0 Å². The number of benzene rings is 1. The number of nitrogens with zero attached hydrogens (tertiary/aromatic N) is 7. The molecular weight excluding hydrogens is 731 g/mol. The number of aromatic nitrogens is 5. The van der Waals surface area contributed by atoms with E-state index in [0.29, 0.717) is 18.2 Å². The molecule has 3 aromatic rings. The Balaban J connectivity index is 1.87. The molecule has 292 valence electrons. The molecule has 0 aliphatic carbocycles. The van der Waals surface area contributed by atoms with E-state index in [4.69, 9.17) is 9.47 Å². The van der Waals surface area contributed by atoms with Crippen molar-refractivity contribution >= 4 is 23.8 Å². The van der Waals surface area contributed by atoms with Crippen molar-refractivity contribution in [3.8, 4) is 0 Å². The highest BCUT2D eigenvalue weighted by atomic mass is 19.4. The number of nitrogens with one attached hydrogen (secondary N) is 1. The Morgan fingerprint density at radius 1 is 0.962 bits per heavy atom. The first kappa shape index (κ1) is 40.9. The number of rotatable bonds is 9. The molecule has 0 radical (unpaired) electrons. The summed E-state index contributed by atoms with van der Waals surface area (Å²) in [6.07, 6.45) is -17.7. The molecule has 2 atom stereocenters. The highest BCUT2D eigenvalue weighted by Crippen LogP contribution is 2.45. The molecule has 2 aromatic heterocycles. The van der Waals surface area contributed by atoms with Crippen LogP contribution in [-0.4, -0.2) is 61.7 Å². The smallest absolute Gasteiger partial charge is 0.433 e. The van der Waals surface area contributed by atoms with Crippen molar-refractivity contribution in [1.29, 1.82) is 0 Å². The summed E-state index contributed by atoms with van der Waals surface area (Å²) < 4.78 is 136. The average Bonchev–Trinajstić information content (AvgIpc) is 3.48. The Morgan fingerprint density at radius 2 is 1.58 bits per heavy atom. The van der Waals surface area contributed by atoms with E-state index < -0.39 is 95.1 Å². The summed E-state index contributed by atoms with van der Waals surface area (Å²) in [5.74, 6) is -0.406. The van der Waals surface area contributed by atoms with Crippen molar-refractivity contribution < 1.29 is 58.6 Å². The number of alkyl carbamates (subject to hydrolysis) is 1. The van der Waals surface area contributed by atoms with Crippen LogP contribution in [0.3, 0.4) is 0 Å². The summed E-state index contributed by atoms with van der Waals surface area (Å²) in [5.41, 5.74) is -6.51. The van der Waals surface area contributed by atoms with E-state index in [-0.39, 0.29) is 37.7 Å². The highest BCUT2D eigenvalue weighted by Gasteiger charge is 2.44. The first-order valence-electron chi connectivity index (χ1n) is 16.2. The number of anilines is 2. The number of tetrazole rings is 1. The minimum atomic E-state index is -5.20. The predicted molar refractivity (Wildman–Crippen MR) is 169 cm³/mol. The summed E-state index contributed by atoms with van der Waals surface area (Å²) >= 11 is 0. The maximum Gasteiger partial charge on any atom is 0.433 e. The molecule has 1 aromatic carbocycles. The largest absolute Gasteiger partial charge is 0.446 e. The molecular formula is C32H37F9N8O4. The molecule has 0 saturated heterocycles. The number of ether oxygens (including phenoxy) is 2. The molecule has 1 aliphatic heterocycles. The van der Waals surface area contributed by atoms with Crippen LogP contribution in [0.2, 0.25) is 0 Å². The van der Waals surface area contributed by atoms with Crippen molar-refractivity contribution in [2.75, 3.05) is 16.3 Å². The first-order valence-corrected chi connectivity index (χ1v) is 16.2. The van der Waals surface area contributed by atoms with Gasteiger partial charge in [0.2, 0.25) is 0 Å². The third-order valence-electron chi connectivity index (χ3n) is 7.69. The van der Waals surface area contributed by atoms with Crippen LogP contribution in [0.5, 0.6) is 0 Å². The van der Waals surface area contributed by atoms with Gasteiger partial charge >= 0.3 is 30.7 Å². The van der Waals surface area contributed by atoms with Crippen molar-refractivity contribution in [2.24, 2.45) is 0 Å². The maximum atomic E-state index is 14.0. The molecule has 2 amide bonds. The zero-order valence-electron chi connectivity index (χ0n) is 29.3. The number of carbonyl (C=O) groups is 2. The third-order valence-corrected chi connectivity index (χ3v) is 7.69.